The van der Waals surface area contributed by atoms with Crippen LogP contribution in [0.1, 0.15) is 72.8 Å². The molecule has 0 unspecified atom stereocenters. The molecule has 0 spiro atoms. The van der Waals surface area contributed by atoms with Crippen molar-refractivity contribution >= 4 is 29.5 Å². The average molecular weight is 888 g/mol. The van der Waals surface area contributed by atoms with Gasteiger partial charge in [0.25, 0.3) is 5.91 Å². The van der Waals surface area contributed by atoms with Gasteiger partial charge in [-0.05, 0) is 95.9 Å². The number of amides is 5. The SMILES string of the molecule is Cc1cc(-c2ccc(C(C)(C)C)cc2)ccc1C(=O)N[C@@H](CCN)C(=O)N(C)[C@@H]1C(=O)N[C@@H](C)C(=O)N[C@H](C(=O)NCC#N)Cc2ccc(OCCN)c(c2)-c2cc1ccc2OCCN. The van der Waals surface area contributed by atoms with Gasteiger partial charge >= 0.3 is 0 Å². The van der Waals surface area contributed by atoms with Crippen molar-refractivity contribution < 1.29 is 33.4 Å². The number of hydrogen-bond acceptors (Lipinski definition) is 11. The van der Waals surface area contributed by atoms with Crippen molar-refractivity contribution in [2.24, 2.45) is 17.2 Å². The van der Waals surface area contributed by atoms with Gasteiger partial charge in [-0.25, -0.2) is 0 Å². The van der Waals surface area contributed by atoms with Gasteiger partial charge in [0.15, 0.2) is 0 Å². The summed E-state index contributed by atoms with van der Waals surface area (Å²) in [6, 6.07) is 21.0. The number of rotatable bonds is 15. The molecule has 0 aromatic heterocycles. The lowest BCUT2D eigenvalue weighted by atomic mass is 9.86. The van der Waals surface area contributed by atoms with E-state index < -0.39 is 53.7 Å². The molecule has 4 atom stereocenters. The molecule has 1 aliphatic rings. The lowest BCUT2D eigenvalue weighted by molar-refractivity contribution is -0.141. The van der Waals surface area contributed by atoms with Crippen molar-refractivity contribution in [1.29, 1.82) is 5.26 Å². The summed E-state index contributed by atoms with van der Waals surface area (Å²) < 4.78 is 12.2. The highest BCUT2D eigenvalue weighted by Crippen LogP contribution is 2.40. The lowest BCUT2D eigenvalue weighted by Gasteiger charge is -2.32. The maximum atomic E-state index is 14.7. The second-order valence-corrected chi connectivity index (χ2v) is 17.0. The summed E-state index contributed by atoms with van der Waals surface area (Å²) in [5, 5.41) is 20.0. The molecule has 4 aromatic rings. The maximum Gasteiger partial charge on any atom is 0.252 e. The predicted octanol–water partition coefficient (Wildman–Crippen LogP) is 3.13. The molecule has 0 fully saturated rings. The minimum Gasteiger partial charge on any atom is -0.492 e. The number of hydrogen-bond donors (Lipinski definition) is 7. The van der Waals surface area contributed by atoms with Crippen LogP contribution in [0.15, 0.2) is 78.9 Å². The first-order valence-electron chi connectivity index (χ1n) is 21.7. The summed E-state index contributed by atoms with van der Waals surface area (Å²) in [7, 11) is 1.44. The lowest BCUT2D eigenvalue weighted by Crippen LogP contribution is -2.56. The van der Waals surface area contributed by atoms with Crippen LogP contribution in [0.3, 0.4) is 0 Å². The second kappa shape index (κ2) is 22.2. The molecule has 0 saturated carbocycles. The average Bonchev–Trinajstić information content (AvgIpc) is 3.28. The highest BCUT2D eigenvalue weighted by Gasteiger charge is 2.36. The zero-order valence-electron chi connectivity index (χ0n) is 38.0. The topological polar surface area (TPSA) is 257 Å². The quantitative estimate of drug-likeness (QED) is 0.0854. The molecular formula is C49H61N9O7. The standard InChI is InChI=1S/C49H61N9O7/c1-29-25-33(32-8-12-35(13-9-32)49(3,4)5)10-14-36(29)45(60)56-39(17-18-50)48(63)58(6)43-34-11-16-42(65-24-21-53)38(28-34)37-26-31(7-15-41(37)64-23-20-52)27-40(46(61)54-22-19-51)57-44(59)30(2)55-47(43)62/h7-16,25-26,28,30,39-40,43H,17-18,20-24,27,50,52-53H2,1-6H3,(H,54,61)(H,55,62)(H,56,60)(H,57,59)/t30-,39-,40-,43-/m0/s1. The Hall–Kier alpha value is -6.80. The Kier molecular flexibility index (Phi) is 16.8. The number of aryl methyl sites for hydroxylation is 1. The van der Waals surface area contributed by atoms with Crippen LogP contribution in [0.5, 0.6) is 11.5 Å². The van der Waals surface area contributed by atoms with E-state index in [2.05, 4.69) is 66.3 Å². The Bertz CT molecular complexity index is 2410. The van der Waals surface area contributed by atoms with Crippen LogP contribution in [0, 0.1) is 18.3 Å². The van der Waals surface area contributed by atoms with E-state index in [0.717, 1.165) is 11.1 Å². The van der Waals surface area contributed by atoms with Crippen molar-refractivity contribution in [3.63, 3.8) is 0 Å². The number of nitriles is 1. The highest BCUT2D eigenvalue weighted by atomic mass is 16.5. The smallest absolute Gasteiger partial charge is 0.252 e. The predicted molar refractivity (Wildman–Crippen MR) is 249 cm³/mol. The van der Waals surface area contributed by atoms with Crippen LogP contribution >= 0.6 is 0 Å². The molecule has 0 radical (unpaired) electrons. The van der Waals surface area contributed by atoms with E-state index in [4.69, 9.17) is 31.9 Å². The molecule has 65 heavy (non-hydrogen) atoms. The zero-order chi connectivity index (χ0) is 47.4. The molecule has 10 N–H and O–H groups in total. The van der Waals surface area contributed by atoms with Crippen LogP contribution < -0.4 is 47.9 Å². The third-order valence-corrected chi connectivity index (χ3v) is 11.2. The molecule has 16 heteroatoms. The van der Waals surface area contributed by atoms with E-state index in [1.165, 1.54) is 24.4 Å². The molecule has 5 rings (SSSR count). The summed E-state index contributed by atoms with van der Waals surface area (Å²) in [5.41, 5.74) is 23.8. The van der Waals surface area contributed by atoms with Gasteiger partial charge in [0.05, 0.1) is 6.07 Å². The number of likely N-dealkylation sites (N-methyl/N-ethyl adjacent to an activating group) is 1. The molecule has 16 nitrogen and oxygen atoms in total. The molecule has 4 aromatic carbocycles. The van der Waals surface area contributed by atoms with E-state index in [1.807, 2.05) is 25.1 Å². The van der Waals surface area contributed by atoms with E-state index in [1.54, 1.807) is 42.5 Å². The molecule has 4 bridgehead atoms. The largest absolute Gasteiger partial charge is 0.492 e. The number of nitrogens with zero attached hydrogens (tertiary/aromatic N) is 2. The Morgan fingerprint density at radius 3 is 2.08 bits per heavy atom. The maximum absolute atomic E-state index is 14.7. The van der Waals surface area contributed by atoms with Gasteiger partial charge in [-0.3, -0.25) is 24.0 Å². The second-order valence-electron chi connectivity index (χ2n) is 17.0. The Morgan fingerprint density at radius 1 is 0.846 bits per heavy atom. The van der Waals surface area contributed by atoms with Crippen LogP contribution in [0.25, 0.3) is 22.3 Å². The van der Waals surface area contributed by atoms with Gasteiger partial charge in [-0.2, -0.15) is 5.26 Å². The third-order valence-electron chi connectivity index (χ3n) is 11.2. The molecule has 1 aliphatic heterocycles. The normalized spacial score (nSPS) is 16.7. The van der Waals surface area contributed by atoms with E-state index >= 15 is 0 Å². The fourth-order valence-corrected chi connectivity index (χ4v) is 7.63. The van der Waals surface area contributed by atoms with Gasteiger partial charge in [0.1, 0.15) is 55.4 Å². The minimum atomic E-state index is -1.38. The number of nitrogens with one attached hydrogen (secondary N) is 4. The summed E-state index contributed by atoms with van der Waals surface area (Å²) in [5.74, 6) is -2.37. The summed E-state index contributed by atoms with van der Waals surface area (Å²) in [4.78, 5) is 71.5. The molecule has 5 amide bonds. The van der Waals surface area contributed by atoms with Crippen LogP contribution in [0.2, 0.25) is 0 Å². The van der Waals surface area contributed by atoms with Crippen molar-refractivity contribution in [1.82, 2.24) is 26.2 Å². The third kappa shape index (κ3) is 12.3. The monoisotopic (exact) mass is 887 g/mol. The van der Waals surface area contributed by atoms with Crippen molar-refractivity contribution in [3.8, 4) is 39.8 Å². The summed E-state index contributed by atoms with van der Waals surface area (Å²) in [6.07, 6.45) is 0.0517. The van der Waals surface area contributed by atoms with Crippen molar-refractivity contribution in [2.45, 2.75) is 77.0 Å². The highest BCUT2D eigenvalue weighted by molar-refractivity contribution is 6.00. The van der Waals surface area contributed by atoms with E-state index in [9.17, 15) is 24.0 Å². The first-order valence-corrected chi connectivity index (χ1v) is 21.7. The van der Waals surface area contributed by atoms with Gasteiger partial charge < -0.3 is 52.8 Å². The summed E-state index contributed by atoms with van der Waals surface area (Å²) >= 11 is 0. The molecule has 344 valence electrons. The number of ether oxygens (including phenoxy) is 2. The molecule has 0 saturated heterocycles. The molecule has 1 heterocycles. The van der Waals surface area contributed by atoms with Crippen LogP contribution in [-0.2, 0) is 31.0 Å². The van der Waals surface area contributed by atoms with Crippen molar-refractivity contribution in [3.05, 3.63) is 107 Å². The van der Waals surface area contributed by atoms with Gasteiger partial charge in [0.2, 0.25) is 23.6 Å². The number of nitrogens with two attached hydrogens (primary N) is 3. The van der Waals surface area contributed by atoms with E-state index in [-0.39, 0.29) is 57.6 Å². The van der Waals surface area contributed by atoms with Crippen LogP contribution in [0.4, 0.5) is 0 Å². The number of fused-ring (bicyclic) bond motifs is 5. The number of carbonyl (C=O) groups excluding carboxylic acids is 5. The van der Waals surface area contributed by atoms with Crippen LogP contribution in [-0.4, -0.2) is 99.0 Å². The first-order chi connectivity index (χ1) is 31.0. The number of benzene rings is 4. The minimum absolute atomic E-state index is 0.000816. The fraction of sp³-hybridized carbons (Fsp3) is 0.388. The Labute approximate surface area is 380 Å². The Morgan fingerprint density at radius 2 is 1.48 bits per heavy atom. The molecular weight excluding hydrogens is 827 g/mol. The Balaban J connectivity index is 1.55. The summed E-state index contributed by atoms with van der Waals surface area (Å²) in [6.45, 7) is 10.2. The van der Waals surface area contributed by atoms with Gasteiger partial charge in [-0.15, -0.1) is 0 Å². The first kappa shape index (κ1) is 49.2. The van der Waals surface area contributed by atoms with Gasteiger partial charge in [-0.1, -0.05) is 69.3 Å². The fourth-order valence-electron chi connectivity index (χ4n) is 7.63. The van der Waals surface area contributed by atoms with E-state index in [0.29, 0.717) is 44.9 Å². The zero-order valence-corrected chi connectivity index (χ0v) is 38.0. The number of carbonyl (C=O) groups is 5. The van der Waals surface area contributed by atoms with Crippen molar-refractivity contribution in [2.75, 3.05) is 46.4 Å². The molecule has 0 aliphatic carbocycles. The van der Waals surface area contributed by atoms with Gasteiger partial charge in [0, 0.05) is 43.2 Å².